The Hall–Kier alpha value is -4.36. The standard InChI is InChI=1S/C36H31N/c1-5-7-12-22-37-33-17-11-10-16-29(33)30-20-18-25(24-34(30)37)23-32-28(13-6-2)31-21-19-26-14-8-9-15-27(26)35(31)36(32,3)4/h5-24H,2H2,1,3-4H3/b7-5-,22-12-,28-13-,32-23+. The summed E-state index contributed by atoms with van der Waals surface area (Å²) in [6.45, 7) is 10.8. The van der Waals surface area contributed by atoms with Gasteiger partial charge in [-0.05, 0) is 63.7 Å². The summed E-state index contributed by atoms with van der Waals surface area (Å²) in [4.78, 5) is 0. The molecule has 0 amide bonds. The predicted molar refractivity (Wildman–Crippen MR) is 163 cm³/mol. The second-order valence-corrected chi connectivity index (χ2v) is 10.2. The summed E-state index contributed by atoms with van der Waals surface area (Å²) in [7, 11) is 0. The first-order chi connectivity index (χ1) is 18.0. The van der Waals surface area contributed by atoms with Gasteiger partial charge in [0.15, 0.2) is 0 Å². The summed E-state index contributed by atoms with van der Waals surface area (Å²) in [5.41, 5.74) is 8.78. The molecule has 0 aliphatic heterocycles. The Morgan fingerprint density at radius 1 is 0.784 bits per heavy atom. The normalized spacial score (nSPS) is 17.3. The number of para-hydroxylation sites is 1. The fourth-order valence-corrected chi connectivity index (χ4v) is 6.02. The van der Waals surface area contributed by atoms with Crippen LogP contribution in [0, 0.1) is 0 Å². The Morgan fingerprint density at radius 2 is 1.54 bits per heavy atom. The van der Waals surface area contributed by atoms with Gasteiger partial charge in [-0.1, -0.05) is 118 Å². The first-order valence-electron chi connectivity index (χ1n) is 12.9. The maximum absolute atomic E-state index is 4.04. The van der Waals surface area contributed by atoms with Crippen LogP contribution in [0.1, 0.15) is 37.5 Å². The van der Waals surface area contributed by atoms with Crippen LogP contribution in [-0.4, -0.2) is 4.57 Å². The molecule has 0 bridgehead atoms. The smallest absolute Gasteiger partial charge is 0.0540 e. The molecule has 1 aliphatic rings. The van der Waals surface area contributed by atoms with Gasteiger partial charge in [-0.15, -0.1) is 0 Å². The van der Waals surface area contributed by atoms with Gasteiger partial charge in [0, 0.05) is 22.4 Å². The van der Waals surface area contributed by atoms with Gasteiger partial charge in [0.25, 0.3) is 0 Å². The molecule has 0 spiro atoms. The van der Waals surface area contributed by atoms with Gasteiger partial charge < -0.3 is 4.57 Å². The van der Waals surface area contributed by atoms with Crippen LogP contribution < -0.4 is 0 Å². The zero-order valence-electron chi connectivity index (χ0n) is 21.7. The van der Waals surface area contributed by atoms with Crippen molar-refractivity contribution in [2.45, 2.75) is 26.2 Å². The van der Waals surface area contributed by atoms with E-state index in [1.807, 2.05) is 13.0 Å². The van der Waals surface area contributed by atoms with Crippen LogP contribution in [0.15, 0.2) is 121 Å². The van der Waals surface area contributed by atoms with Crippen molar-refractivity contribution in [3.8, 4) is 0 Å². The zero-order chi connectivity index (χ0) is 25.6. The Morgan fingerprint density at radius 3 is 2.35 bits per heavy atom. The fraction of sp³-hybridized carbons (Fsp3) is 0.111. The van der Waals surface area contributed by atoms with E-state index in [0.717, 1.165) is 0 Å². The average Bonchev–Trinajstić information content (AvgIpc) is 3.33. The van der Waals surface area contributed by atoms with Crippen molar-refractivity contribution in [2.75, 3.05) is 0 Å². The first kappa shape index (κ1) is 23.1. The van der Waals surface area contributed by atoms with Crippen molar-refractivity contribution in [1.82, 2.24) is 4.57 Å². The molecule has 4 aromatic carbocycles. The van der Waals surface area contributed by atoms with Crippen molar-refractivity contribution in [2.24, 2.45) is 0 Å². The number of nitrogens with zero attached hydrogens (tertiary/aromatic N) is 1. The van der Waals surface area contributed by atoms with Gasteiger partial charge >= 0.3 is 0 Å². The molecule has 0 unspecified atom stereocenters. The van der Waals surface area contributed by atoms with E-state index in [-0.39, 0.29) is 5.41 Å². The monoisotopic (exact) mass is 477 g/mol. The molecular formula is C36H31N. The minimum Gasteiger partial charge on any atom is -0.316 e. The van der Waals surface area contributed by atoms with Crippen LogP contribution in [-0.2, 0) is 5.41 Å². The quantitative estimate of drug-likeness (QED) is 0.227. The van der Waals surface area contributed by atoms with Crippen LogP contribution in [0.2, 0.25) is 0 Å². The number of benzene rings is 4. The lowest BCUT2D eigenvalue weighted by molar-refractivity contribution is 0.671. The van der Waals surface area contributed by atoms with Gasteiger partial charge in [-0.2, -0.15) is 0 Å². The molecule has 0 fully saturated rings. The van der Waals surface area contributed by atoms with Crippen LogP contribution >= 0.6 is 0 Å². The van der Waals surface area contributed by atoms with Gasteiger partial charge in [0.1, 0.15) is 0 Å². The van der Waals surface area contributed by atoms with E-state index in [1.165, 1.54) is 60.4 Å². The Bertz CT molecular complexity index is 1810. The molecule has 1 nitrogen and oxygen atoms in total. The molecule has 1 heteroatoms. The average molecular weight is 478 g/mol. The van der Waals surface area contributed by atoms with Gasteiger partial charge in [-0.25, -0.2) is 0 Å². The van der Waals surface area contributed by atoms with Crippen molar-refractivity contribution >= 4 is 50.4 Å². The topological polar surface area (TPSA) is 4.93 Å². The van der Waals surface area contributed by atoms with Gasteiger partial charge in [0.2, 0.25) is 0 Å². The lowest BCUT2D eigenvalue weighted by atomic mass is 9.79. The van der Waals surface area contributed by atoms with Crippen LogP contribution in [0.25, 0.3) is 50.4 Å². The highest BCUT2D eigenvalue weighted by molar-refractivity contribution is 6.10. The second-order valence-electron chi connectivity index (χ2n) is 10.2. The number of aromatic nitrogens is 1. The highest BCUT2D eigenvalue weighted by atomic mass is 14.9. The molecule has 37 heavy (non-hydrogen) atoms. The first-order valence-corrected chi connectivity index (χ1v) is 12.9. The summed E-state index contributed by atoms with van der Waals surface area (Å²) in [6.07, 6.45) is 14.8. The molecule has 5 aromatic rings. The molecule has 1 aromatic heterocycles. The van der Waals surface area contributed by atoms with Crippen LogP contribution in [0.5, 0.6) is 0 Å². The lowest BCUT2D eigenvalue weighted by Crippen LogP contribution is -2.15. The number of hydrogen-bond donors (Lipinski definition) is 0. The van der Waals surface area contributed by atoms with E-state index in [9.17, 15) is 0 Å². The lowest BCUT2D eigenvalue weighted by Gasteiger charge is -2.23. The fourth-order valence-electron chi connectivity index (χ4n) is 6.02. The third-order valence-corrected chi connectivity index (χ3v) is 7.68. The second kappa shape index (κ2) is 8.94. The van der Waals surface area contributed by atoms with Gasteiger partial charge in [0.05, 0.1) is 11.0 Å². The molecule has 1 heterocycles. The van der Waals surface area contributed by atoms with E-state index in [2.05, 4.69) is 140 Å². The zero-order valence-corrected chi connectivity index (χ0v) is 21.7. The maximum atomic E-state index is 4.04. The van der Waals surface area contributed by atoms with Crippen LogP contribution in [0.4, 0.5) is 0 Å². The molecule has 0 saturated carbocycles. The van der Waals surface area contributed by atoms with E-state index < -0.39 is 0 Å². The Kier molecular flexibility index (Phi) is 5.57. The summed E-state index contributed by atoms with van der Waals surface area (Å²) < 4.78 is 2.30. The summed E-state index contributed by atoms with van der Waals surface area (Å²) in [5, 5.41) is 5.15. The van der Waals surface area contributed by atoms with Crippen molar-refractivity contribution < 1.29 is 0 Å². The van der Waals surface area contributed by atoms with Crippen LogP contribution in [0.3, 0.4) is 0 Å². The van der Waals surface area contributed by atoms with E-state index in [1.54, 1.807) is 0 Å². The Balaban J connectivity index is 1.58. The third-order valence-electron chi connectivity index (χ3n) is 7.68. The summed E-state index contributed by atoms with van der Waals surface area (Å²) >= 11 is 0. The Labute approximate surface area is 219 Å². The van der Waals surface area contributed by atoms with Crippen molar-refractivity contribution in [3.63, 3.8) is 0 Å². The summed E-state index contributed by atoms with van der Waals surface area (Å²) in [5.74, 6) is 0. The van der Waals surface area contributed by atoms with E-state index in [4.69, 9.17) is 0 Å². The molecule has 0 atom stereocenters. The van der Waals surface area contributed by atoms with Crippen molar-refractivity contribution in [1.29, 1.82) is 0 Å². The number of hydrogen-bond acceptors (Lipinski definition) is 0. The molecule has 180 valence electrons. The molecule has 6 rings (SSSR count). The van der Waals surface area contributed by atoms with Gasteiger partial charge in [-0.3, -0.25) is 0 Å². The highest BCUT2D eigenvalue weighted by Crippen LogP contribution is 2.52. The molecule has 1 aliphatic carbocycles. The largest absolute Gasteiger partial charge is 0.316 e. The minimum absolute atomic E-state index is 0.140. The van der Waals surface area contributed by atoms with E-state index >= 15 is 0 Å². The maximum Gasteiger partial charge on any atom is 0.0540 e. The number of fused-ring (bicyclic) bond motifs is 6. The highest BCUT2D eigenvalue weighted by Gasteiger charge is 2.39. The predicted octanol–water partition coefficient (Wildman–Crippen LogP) is 9.94. The number of rotatable bonds is 4. The molecule has 0 saturated heterocycles. The van der Waals surface area contributed by atoms with Crippen molar-refractivity contribution in [3.05, 3.63) is 138 Å². The number of allylic oxidation sites excluding steroid dienone is 7. The molecule has 0 N–H and O–H groups in total. The minimum atomic E-state index is -0.140. The molecular weight excluding hydrogens is 446 g/mol. The third kappa shape index (κ3) is 3.62. The SMILES string of the molecule is C=C/C=C1\C(=C/c2ccc3c4ccccc4n(/C=C\C=C/C)c3c2)C(C)(C)c2c1ccc1ccccc21. The summed E-state index contributed by atoms with van der Waals surface area (Å²) in [6, 6.07) is 28.7. The van der Waals surface area contributed by atoms with E-state index in [0.29, 0.717) is 0 Å². The molecule has 0 radical (unpaired) electrons.